The van der Waals surface area contributed by atoms with Crippen molar-refractivity contribution in [3.63, 3.8) is 0 Å². The summed E-state index contributed by atoms with van der Waals surface area (Å²) < 4.78 is 21.5. The van der Waals surface area contributed by atoms with Gasteiger partial charge in [-0.05, 0) is 35.4 Å². The van der Waals surface area contributed by atoms with Crippen LogP contribution in [0, 0.1) is 5.92 Å². The molecule has 1 aliphatic rings. The van der Waals surface area contributed by atoms with Gasteiger partial charge in [0, 0.05) is 19.0 Å². The summed E-state index contributed by atoms with van der Waals surface area (Å²) in [5, 5.41) is 0. The van der Waals surface area contributed by atoms with E-state index in [4.69, 9.17) is 18.9 Å². The molecule has 0 saturated carbocycles. The molecule has 0 aliphatic carbocycles. The minimum atomic E-state index is 0.460. The average Bonchev–Trinajstić information content (AvgIpc) is 2.79. The van der Waals surface area contributed by atoms with Crippen molar-refractivity contribution in [2.75, 3.05) is 38.9 Å². The molecule has 0 spiro atoms. The van der Waals surface area contributed by atoms with Crippen molar-refractivity contribution >= 4 is 5.95 Å². The molecule has 0 radical (unpaired) electrons. The molecule has 0 bridgehead atoms. The predicted octanol–water partition coefficient (Wildman–Crippen LogP) is 3.73. The van der Waals surface area contributed by atoms with Crippen LogP contribution in [0.25, 0.3) is 0 Å². The van der Waals surface area contributed by atoms with Gasteiger partial charge in [-0.15, -0.1) is 0 Å². The van der Waals surface area contributed by atoms with Crippen LogP contribution < -0.4 is 19.1 Å². The second kappa shape index (κ2) is 10.1. The Bertz CT molecular complexity index is 893. The van der Waals surface area contributed by atoms with Gasteiger partial charge in [-0.2, -0.15) is 0 Å². The molecular formula is C24H27N3O4. The van der Waals surface area contributed by atoms with Gasteiger partial charge in [0.05, 0.1) is 46.4 Å². The largest absolute Gasteiger partial charge is 0.497 e. The van der Waals surface area contributed by atoms with Gasteiger partial charge in [0.1, 0.15) is 11.5 Å². The maximum Gasteiger partial charge on any atom is 0.226 e. The summed E-state index contributed by atoms with van der Waals surface area (Å²) in [5.41, 5.74) is 2.28. The average molecular weight is 421 g/mol. The summed E-state index contributed by atoms with van der Waals surface area (Å²) in [5.74, 6) is 3.44. The number of methoxy groups -OCH3 is 2. The van der Waals surface area contributed by atoms with Crippen molar-refractivity contribution < 1.29 is 18.9 Å². The molecular weight excluding hydrogens is 394 g/mol. The predicted molar refractivity (Wildman–Crippen MR) is 118 cm³/mol. The van der Waals surface area contributed by atoms with E-state index in [9.17, 15) is 0 Å². The third-order valence-electron chi connectivity index (χ3n) is 5.16. The number of ether oxygens (including phenoxy) is 4. The molecule has 162 valence electrons. The lowest BCUT2D eigenvalue weighted by atomic mass is 10.1. The summed E-state index contributed by atoms with van der Waals surface area (Å²) in [6.45, 7) is 3.47. The number of hydrogen-bond donors (Lipinski definition) is 0. The molecule has 3 aromatic rings. The van der Waals surface area contributed by atoms with Crippen LogP contribution in [0.2, 0.25) is 0 Å². The van der Waals surface area contributed by atoms with Gasteiger partial charge in [-0.1, -0.05) is 24.3 Å². The lowest BCUT2D eigenvalue weighted by Gasteiger charge is -2.26. The van der Waals surface area contributed by atoms with Crippen LogP contribution in [-0.4, -0.2) is 44.0 Å². The van der Waals surface area contributed by atoms with Crippen molar-refractivity contribution in [2.45, 2.75) is 13.1 Å². The van der Waals surface area contributed by atoms with E-state index in [-0.39, 0.29) is 0 Å². The Morgan fingerprint density at radius 2 is 1.32 bits per heavy atom. The highest BCUT2D eigenvalue weighted by Gasteiger charge is 2.19. The Kier molecular flexibility index (Phi) is 6.84. The first kappa shape index (κ1) is 20.9. The highest BCUT2D eigenvalue weighted by Crippen LogP contribution is 2.21. The van der Waals surface area contributed by atoms with Crippen LogP contribution in [0.3, 0.4) is 0 Å². The molecule has 0 N–H and O–H groups in total. The van der Waals surface area contributed by atoms with Gasteiger partial charge in [0.15, 0.2) is 5.75 Å². The Labute approximate surface area is 182 Å². The minimum Gasteiger partial charge on any atom is -0.497 e. The maximum absolute atomic E-state index is 5.78. The normalized spacial score (nSPS) is 13.4. The third kappa shape index (κ3) is 5.64. The smallest absolute Gasteiger partial charge is 0.226 e. The Morgan fingerprint density at radius 1 is 0.806 bits per heavy atom. The zero-order chi connectivity index (χ0) is 21.5. The topological polar surface area (TPSA) is 65.9 Å². The summed E-state index contributed by atoms with van der Waals surface area (Å²) in [6.07, 6.45) is 3.47. The highest BCUT2D eigenvalue weighted by molar-refractivity contribution is 5.38. The van der Waals surface area contributed by atoms with Gasteiger partial charge >= 0.3 is 0 Å². The van der Waals surface area contributed by atoms with E-state index in [2.05, 4.69) is 39.1 Å². The van der Waals surface area contributed by atoms with Crippen LogP contribution in [0.4, 0.5) is 5.95 Å². The quantitative estimate of drug-likeness (QED) is 0.494. The lowest BCUT2D eigenvalue weighted by Crippen LogP contribution is -2.32. The van der Waals surface area contributed by atoms with Crippen molar-refractivity contribution in [3.05, 3.63) is 72.1 Å². The summed E-state index contributed by atoms with van der Waals surface area (Å²) in [7, 11) is 3.33. The summed E-state index contributed by atoms with van der Waals surface area (Å²) in [6, 6.07) is 16.1. The van der Waals surface area contributed by atoms with Gasteiger partial charge in [0.2, 0.25) is 5.95 Å². The molecule has 0 unspecified atom stereocenters. The molecule has 1 aromatic heterocycles. The Balaban J connectivity index is 1.49. The van der Waals surface area contributed by atoms with Crippen molar-refractivity contribution in [3.8, 4) is 17.2 Å². The molecule has 0 amide bonds. The molecule has 4 rings (SSSR count). The number of rotatable bonds is 10. The molecule has 1 aliphatic heterocycles. The molecule has 2 heterocycles. The van der Waals surface area contributed by atoms with E-state index in [1.165, 1.54) is 0 Å². The molecule has 0 atom stereocenters. The van der Waals surface area contributed by atoms with Crippen molar-refractivity contribution in [1.29, 1.82) is 0 Å². The van der Waals surface area contributed by atoms with Crippen LogP contribution >= 0.6 is 0 Å². The van der Waals surface area contributed by atoms with E-state index in [1.807, 2.05) is 24.3 Å². The molecule has 31 heavy (non-hydrogen) atoms. The summed E-state index contributed by atoms with van der Waals surface area (Å²) >= 11 is 0. The first-order chi connectivity index (χ1) is 15.2. The van der Waals surface area contributed by atoms with Gasteiger partial charge < -0.3 is 23.8 Å². The lowest BCUT2D eigenvalue weighted by molar-refractivity contribution is -0.0509. The zero-order valence-corrected chi connectivity index (χ0v) is 17.9. The van der Waals surface area contributed by atoms with Crippen LogP contribution in [-0.2, 0) is 17.8 Å². The zero-order valence-electron chi connectivity index (χ0n) is 17.9. The van der Waals surface area contributed by atoms with Crippen LogP contribution in [0.15, 0.2) is 60.9 Å². The first-order valence-corrected chi connectivity index (χ1v) is 10.3. The minimum absolute atomic E-state index is 0.460. The SMILES string of the molecule is COc1ccc(CN(Cc2ccc(OC)cc2)c2ncc(OCC3COC3)cn2)cc1. The molecule has 2 aromatic carbocycles. The number of benzene rings is 2. The molecule has 7 nitrogen and oxygen atoms in total. The van der Waals surface area contributed by atoms with Gasteiger partial charge in [0.25, 0.3) is 0 Å². The number of aromatic nitrogens is 2. The van der Waals surface area contributed by atoms with Gasteiger partial charge in [-0.3, -0.25) is 0 Å². The third-order valence-corrected chi connectivity index (χ3v) is 5.16. The fourth-order valence-electron chi connectivity index (χ4n) is 3.24. The molecule has 7 heteroatoms. The van der Waals surface area contributed by atoms with Crippen LogP contribution in [0.1, 0.15) is 11.1 Å². The fourth-order valence-corrected chi connectivity index (χ4v) is 3.24. The highest BCUT2D eigenvalue weighted by atomic mass is 16.5. The number of hydrogen-bond acceptors (Lipinski definition) is 7. The van der Waals surface area contributed by atoms with Crippen molar-refractivity contribution in [1.82, 2.24) is 9.97 Å². The maximum atomic E-state index is 5.78. The monoisotopic (exact) mass is 421 g/mol. The second-order valence-electron chi connectivity index (χ2n) is 7.49. The van der Waals surface area contributed by atoms with E-state index in [0.717, 1.165) is 35.8 Å². The second-order valence-corrected chi connectivity index (χ2v) is 7.49. The van der Waals surface area contributed by atoms with E-state index < -0.39 is 0 Å². The van der Waals surface area contributed by atoms with E-state index in [0.29, 0.717) is 37.3 Å². The molecule has 1 saturated heterocycles. The van der Waals surface area contributed by atoms with Crippen molar-refractivity contribution in [2.24, 2.45) is 5.92 Å². The Hall–Kier alpha value is -3.32. The van der Waals surface area contributed by atoms with Gasteiger partial charge in [-0.25, -0.2) is 9.97 Å². The van der Waals surface area contributed by atoms with E-state index in [1.54, 1.807) is 26.6 Å². The fraction of sp³-hybridized carbons (Fsp3) is 0.333. The van der Waals surface area contributed by atoms with E-state index >= 15 is 0 Å². The standard InChI is InChI=1S/C24H27N3O4/c1-28-21-7-3-18(4-8-21)13-27(14-19-5-9-22(29-2)10-6-19)24-25-11-23(12-26-24)31-17-20-15-30-16-20/h3-12,20H,13-17H2,1-2H3. The first-order valence-electron chi connectivity index (χ1n) is 10.3. The Morgan fingerprint density at radius 3 is 1.74 bits per heavy atom. The number of anilines is 1. The summed E-state index contributed by atoms with van der Waals surface area (Å²) in [4.78, 5) is 11.3. The molecule has 1 fully saturated rings. The van der Waals surface area contributed by atoms with Crippen LogP contribution in [0.5, 0.6) is 17.2 Å². The number of nitrogens with zero attached hydrogens (tertiary/aromatic N) is 3.